The van der Waals surface area contributed by atoms with Crippen LogP contribution in [0.5, 0.6) is 0 Å². The summed E-state index contributed by atoms with van der Waals surface area (Å²) < 4.78 is 0. The van der Waals surface area contributed by atoms with Gasteiger partial charge in [-0.2, -0.15) is 0 Å². The maximum absolute atomic E-state index is 11.1. The molecule has 0 fully saturated rings. The molecule has 1 amide bonds. The average molecular weight is 176 g/mol. The van der Waals surface area contributed by atoms with E-state index in [1.165, 1.54) is 0 Å². The number of amides is 1. The van der Waals surface area contributed by atoms with Gasteiger partial charge in [-0.15, -0.1) is 0 Å². The highest BCUT2D eigenvalue weighted by atomic mass is 16.5. The second kappa shape index (κ2) is 2.95. The third-order valence-electron chi connectivity index (χ3n) is 1.80. The quantitative estimate of drug-likeness (QED) is 0.650. The Morgan fingerprint density at radius 2 is 2.00 bits per heavy atom. The van der Waals surface area contributed by atoms with Gasteiger partial charge in [-0.1, -0.05) is 40.7 Å². The highest BCUT2D eigenvalue weighted by Crippen LogP contribution is 2.25. The van der Waals surface area contributed by atoms with E-state index in [1.54, 1.807) is 24.3 Å². The topological polar surface area (TPSA) is 68.1 Å². The molecular weight excluding hydrogens is 170 g/mol. The highest BCUT2D eigenvalue weighted by Gasteiger charge is 2.26. The molecule has 66 valence electrons. The largest absolute Gasteiger partial charge is 0.740 e. The molecule has 0 radical (unpaired) electrons. The molecule has 1 aromatic carbocycles. The lowest BCUT2D eigenvalue weighted by Gasteiger charge is -2.24. The van der Waals surface area contributed by atoms with Crippen LogP contribution in [0.2, 0.25) is 0 Å². The number of hydrogen-bond donors (Lipinski definition) is 0. The molecule has 0 bridgehead atoms. The van der Waals surface area contributed by atoms with Crippen LogP contribution in [0.3, 0.4) is 0 Å². The van der Waals surface area contributed by atoms with Gasteiger partial charge in [-0.3, -0.25) is 4.79 Å². The van der Waals surface area contributed by atoms with Crippen molar-refractivity contribution in [2.75, 3.05) is 0 Å². The molecule has 0 aromatic heterocycles. The number of hydrogen-bond acceptors (Lipinski definition) is 4. The van der Waals surface area contributed by atoms with Crippen LogP contribution in [0.25, 0.3) is 0 Å². The van der Waals surface area contributed by atoms with Crippen molar-refractivity contribution in [1.82, 2.24) is 5.17 Å². The number of benzene rings is 1. The van der Waals surface area contributed by atoms with Crippen LogP contribution in [0.15, 0.2) is 40.7 Å². The third-order valence-corrected chi connectivity index (χ3v) is 1.80. The maximum atomic E-state index is 11.1. The molecule has 0 aliphatic carbocycles. The van der Waals surface area contributed by atoms with Gasteiger partial charge in [0.1, 0.15) is 6.04 Å². The number of carbonyl (C=O) groups is 1. The van der Waals surface area contributed by atoms with E-state index in [1.807, 2.05) is 6.07 Å². The van der Waals surface area contributed by atoms with Crippen LogP contribution in [-0.4, -0.2) is 11.1 Å². The second-order valence-corrected chi connectivity index (χ2v) is 2.64. The monoisotopic (exact) mass is 176 g/mol. The summed E-state index contributed by atoms with van der Waals surface area (Å²) >= 11 is 0. The molecule has 1 aromatic rings. The first-order valence-electron chi connectivity index (χ1n) is 3.76. The fourth-order valence-corrected chi connectivity index (χ4v) is 1.19. The lowest BCUT2D eigenvalue weighted by molar-refractivity contribution is -0.120. The van der Waals surface area contributed by atoms with E-state index in [9.17, 15) is 10.0 Å². The number of carbonyl (C=O) groups excluding carboxylic acids is 1. The summed E-state index contributed by atoms with van der Waals surface area (Å²) in [4.78, 5) is 11.1. The van der Waals surface area contributed by atoms with Crippen LogP contribution in [-0.2, 0) is 4.79 Å². The number of rotatable bonds is 1. The summed E-state index contributed by atoms with van der Waals surface area (Å²) in [6.45, 7) is 0. The summed E-state index contributed by atoms with van der Waals surface area (Å²) in [5, 5.41) is 17.6. The maximum Gasteiger partial charge on any atom is 0.293 e. The van der Waals surface area contributed by atoms with Gasteiger partial charge in [-0.05, 0) is 5.56 Å². The minimum absolute atomic E-state index is 0.317. The van der Waals surface area contributed by atoms with Crippen LogP contribution in [0.1, 0.15) is 11.6 Å². The van der Waals surface area contributed by atoms with Gasteiger partial charge in [0.15, 0.2) is 0 Å². The minimum atomic E-state index is -0.888. The van der Waals surface area contributed by atoms with Crippen LogP contribution >= 0.6 is 0 Å². The summed E-state index contributed by atoms with van der Waals surface area (Å²) in [6, 6.07) is 7.84. The zero-order chi connectivity index (χ0) is 9.26. The zero-order valence-electron chi connectivity index (χ0n) is 6.62. The second-order valence-electron chi connectivity index (χ2n) is 2.64. The number of nitrogens with zero attached hydrogens (tertiary/aromatic N) is 3. The van der Waals surface area contributed by atoms with Crippen molar-refractivity contribution in [2.24, 2.45) is 10.3 Å². The average Bonchev–Trinajstić information content (AvgIpc) is 2.48. The Bertz CT molecular complexity index is 350. The van der Waals surface area contributed by atoms with Gasteiger partial charge >= 0.3 is 0 Å². The Labute approximate surface area is 74.2 Å². The molecule has 1 unspecified atom stereocenters. The normalized spacial score (nSPS) is 21.2. The molecular formula is C8H6N3O2-. The van der Waals surface area contributed by atoms with Gasteiger partial charge in [0, 0.05) is 0 Å². The predicted octanol–water partition coefficient (Wildman–Crippen LogP) is 1.43. The van der Waals surface area contributed by atoms with Gasteiger partial charge in [-0.25, -0.2) is 0 Å². The lowest BCUT2D eigenvalue weighted by atomic mass is 10.1. The van der Waals surface area contributed by atoms with Crippen molar-refractivity contribution in [3.63, 3.8) is 0 Å². The molecule has 5 nitrogen and oxygen atoms in total. The molecule has 0 saturated heterocycles. The Hall–Kier alpha value is -1.75. The third kappa shape index (κ3) is 1.29. The molecule has 0 spiro atoms. The van der Waals surface area contributed by atoms with Crippen LogP contribution < -0.4 is 0 Å². The predicted molar refractivity (Wildman–Crippen MR) is 44.3 cm³/mol. The summed E-state index contributed by atoms with van der Waals surface area (Å²) in [6.07, 6.45) is 0. The molecule has 13 heavy (non-hydrogen) atoms. The van der Waals surface area contributed by atoms with Crippen molar-refractivity contribution < 1.29 is 4.79 Å². The minimum Gasteiger partial charge on any atom is -0.740 e. The Kier molecular flexibility index (Phi) is 1.79. The summed E-state index contributed by atoms with van der Waals surface area (Å²) in [5.74, 6) is -0.513. The Morgan fingerprint density at radius 3 is 2.54 bits per heavy atom. The fourth-order valence-electron chi connectivity index (χ4n) is 1.19. The standard InChI is InChI=1S/C8H6N3O2/c12-8-7(11(13)10-9-8)6-4-2-1-3-5-6/h1-5,7H/q-1. The molecule has 1 aliphatic rings. The molecule has 2 rings (SSSR count). The molecule has 5 heteroatoms. The molecule has 1 atom stereocenters. The van der Waals surface area contributed by atoms with E-state index in [4.69, 9.17) is 0 Å². The first-order chi connectivity index (χ1) is 6.29. The number of hydroxylamine groups is 1. The smallest absolute Gasteiger partial charge is 0.293 e. The van der Waals surface area contributed by atoms with Gasteiger partial charge in [0.05, 0.1) is 0 Å². The van der Waals surface area contributed by atoms with Crippen molar-refractivity contribution in [2.45, 2.75) is 6.04 Å². The summed E-state index contributed by atoms with van der Waals surface area (Å²) in [5.41, 5.74) is 0.618. The van der Waals surface area contributed by atoms with Crippen molar-refractivity contribution in [3.8, 4) is 0 Å². The van der Waals surface area contributed by atoms with E-state index in [2.05, 4.69) is 10.3 Å². The molecule has 0 saturated carbocycles. The van der Waals surface area contributed by atoms with E-state index in [0.29, 0.717) is 10.7 Å². The summed E-state index contributed by atoms with van der Waals surface area (Å²) in [7, 11) is 0. The van der Waals surface area contributed by atoms with Crippen LogP contribution in [0.4, 0.5) is 0 Å². The lowest BCUT2D eigenvalue weighted by Crippen LogP contribution is -2.18. The SMILES string of the molecule is O=C1N=NN([O-])C1c1ccccc1. The van der Waals surface area contributed by atoms with Crippen molar-refractivity contribution in [3.05, 3.63) is 41.1 Å². The fraction of sp³-hybridized carbons (Fsp3) is 0.125. The molecule has 1 heterocycles. The van der Waals surface area contributed by atoms with Gasteiger partial charge < -0.3 is 10.4 Å². The Morgan fingerprint density at radius 1 is 1.31 bits per heavy atom. The van der Waals surface area contributed by atoms with E-state index in [-0.39, 0.29) is 0 Å². The van der Waals surface area contributed by atoms with E-state index >= 15 is 0 Å². The zero-order valence-corrected chi connectivity index (χ0v) is 6.62. The van der Waals surface area contributed by atoms with E-state index < -0.39 is 11.9 Å². The first-order valence-corrected chi connectivity index (χ1v) is 3.76. The first kappa shape index (κ1) is 7.88. The van der Waals surface area contributed by atoms with Gasteiger partial charge in [0.2, 0.25) is 0 Å². The highest BCUT2D eigenvalue weighted by molar-refractivity contribution is 5.84. The molecule has 1 aliphatic heterocycles. The van der Waals surface area contributed by atoms with Gasteiger partial charge in [0.25, 0.3) is 5.91 Å². The van der Waals surface area contributed by atoms with Crippen molar-refractivity contribution in [1.29, 1.82) is 0 Å². The van der Waals surface area contributed by atoms with Crippen LogP contribution in [0, 0.1) is 5.21 Å². The van der Waals surface area contributed by atoms with Crippen molar-refractivity contribution >= 4 is 5.91 Å². The van der Waals surface area contributed by atoms with E-state index in [0.717, 1.165) is 0 Å². The Balaban J connectivity index is 2.33. The molecule has 0 N–H and O–H groups in total.